The van der Waals surface area contributed by atoms with Gasteiger partial charge in [-0.3, -0.25) is 4.40 Å². The van der Waals surface area contributed by atoms with Crippen LogP contribution in [0, 0.1) is 5.92 Å². The summed E-state index contributed by atoms with van der Waals surface area (Å²) in [6.45, 7) is 7.44. The Morgan fingerprint density at radius 2 is 2.16 bits per heavy atom. The summed E-state index contributed by atoms with van der Waals surface area (Å²) >= 11 is 1.68. The van der Waals surface area contributed by atoms with Crippen LogP contribution in [0.15, 0.2) is 11.6 Å². The molecule has 0 aliphatic heterocycles. The summed E-state index contributed by atoms with van der Waals surface area (Å²) in [5, 5.41) is 2.07. The lowest BCUT2D eigenvalue weighted by Crippen LogP contribution is -2.31. The van der Waals surface area contributed by atoms with Gasteiger partial charge < -0.3 is 10.6 Å². The van der Waals surface area contributed by atoms with Crippen molar-refractivity contribution in [1.82, 2.24) is 9.38 Å². The number of nitrogens with two attached hydrogens (primary N) is 1. The summed E-state index contributed by atoms with van der Waals surface area (Å²) in [6, 6.07) is 0.487. The molecule has 0 saturated carbocycles. The summed E-state index contributed by atoms with van der Waals surface area (Å²) in [5.74, 6) is 1.78. The molecular formula is C14H24N4S. The second kappa shape index (κ2) is 5.92. The number of nitrogens with zero attached hydrogens (tertiary/aromatic N) is 3. The van der Waals surface area contributed by atoms with Gasteiger partial charge >= 0.3 is 0 Å². The van der Waals surface area contributed by atoms with Crippen LogP contribution in [0.25, 0.3) is 4.96 Å². The smallest absolute Gasteiger partial charge is 0.195 e. The molecule has 0 spiro atoms. The van der Waals surface area contributed by atoms with Gasteiger partial charge in [-0.2, -0.15) is 0 Å². The number of rotatable bonds is 6. The molecule has 0 aliphatic carbocycles. The monoisotopic (exact) mass is 280 g/mol. The Morgan fingerprint density at radius 1 is 1.42 bits per heavy atom. The third kappa shape index (κ3) is 2.92. The fourth-order valence-electron chi connectivity index (χ4n) is 2.52. The van der Waals surface area contributed by atoms with Gasteiger partial charge in [0.15, 0.2) is 10.8 Å². The summed E-state index contributed by atoms with van der Waals surface area (Å²) in [4.78, 5) is 8.13. The van der Waals surface area contributed by atoms with Gasteiger partial charge in [-0.1, -0.05) is 13.8 Å². The second-order valence-electron chi connectivity index (χ2n) is 5.57. The van der Waals surface area contributed by atoms with E-state index in [0.717, 1.165) is 17.2 Å². The van der Waals surface area contributed by atoms with Gasteiger partial charge in [-0.15, -0.1) is 11.3 Å². The molecule has 1 atom stereocenters. The molecule has 0 fully saturated rings. The normalized spacial score (nSPS) is 13.4. The Kier molecular flexibility index (Phi) is 4.47. The average molecular weight is 280 g/mol. The predicted octanol–water partition coefficient (Wildman–Crippen LogP) is 2.77. The minimum atomic E-state index is 0.487. The lowest BCUT2D eigenvalue weighted by Gasteiger charge is -2.27. The molecule has 0 aromatic carbocycles. The van der Waals surface area contributed by atoms with Crippen LogP contribution >= 0.6 is 11.3 Å². The number of hydrogen-bond acceptors (Lipinski definition) is 4. The summed E-state index contributed by atoms with van der Waals surface area (Å²) < 4.78 is 2.17. The van der Waals surface area contributed by atoms with E-state index in [2.05, 4.69) is 48.7 Å². The molecule has 2 aromatic heterocycles. The van der Waals surface area contributed by atoms with Crippen LogP contribution in [-0.2, 0) is 6.42 Å². The molecule has 2 heterocycles. The van der Waals surface area contributed by atoms with E-state index in [1.807, 2.05) is 0 Å². The largest absolute Gasteiger partial charge is 0.355 e. The molecule has 4 nitrogen and oxygen atoms in total. The lowest BCUT2D eigenvalue weighted by molar-refractivity contribution is 0.501. The molecule has 0 bridgehead atoms. The van der Waals surface area contributed by atoms with Crippen LogP contribution in [0.1, 0.15) is 32.9 Å². The molecule has 0 aliphatic rings. The number of hydrogen-bond donors (Lipinski definition) is 1. The van der Waals surface area contributed by atoms with Gasteiger partial charge in [-0.25, -0.2) is 4.98 Å². The van der Waals surface area contributed by atoms with E-state index in [1.54, 1.807) is 11.3 Å². The first kappa shape index (κ1) is 14.3. The standard InChI is InChI=1S/C14H24N4S/c1-10(2)9-11(3)17(4)13-12(5-6-15)18-7-8-19-14(18)16-13/h7-8,10-11H,5-6,9,15H2,1-4H3. The van der Waals surface area contributed by atoms with Gasteiger partial charge in [0.2, 0.25) is 0 Å². The van der Waals surface area contributed by atoms with Crippen molar-refractivity contribution in [2.24, 2.45) is 11.7 Å². The maximum absolute atomic E-state index is 5.75. The van der Waals surface area contributed by atoms with Crippen LogP contribution in [0.2, 0.25) is 0 Å². The number of fused-ring (bicyclic) bond motifs is 1. The van der Waals surface area contributed by atoms with E-state index in [9.17, 15) is 0 Å². The maximum Gasteiger partial charge on any atom is 0.195 e. The molecule has 0 radical (unpaired) electrons. The van der Waals surface area contributed by atoms with E-state index in [-0.39, 0.29) is 0 Å². The summed E-state index contributed by atoms with van der Waals surface area (Å²) in [5.41, 5.74) is 6.98. The van der Waals surface area contributed by atoms with Crippen LogP contribution in [0.3, 0.4) is 0 Å². The molecule has 0 saturated heterocycles. The van der Waals surface area contributed by atoms with Crippen molar-refractivity contribution < 1.29 is 0 Å². The SMILES string of the molecule is CC(C)CC(C)N(C)c1nc2sccn2c1CCN. The van der Waals surface area contributed by atoms with Gasteiger partial charge in [0, 0.05) is 31.1 Å². The highest BCUT2D eigenvalue weighted by atomic mass is 32.1. The second-order valence-corrected chi connectivity index (χ2v) is 6.44. The third-order valence-corrected chi connectivity index (χ3v) is 4.29. The van der Waals surface area contributed by atoms with Gasteiger partial charge in [0.05, 0.1) is 5.69 Å². The van der Waals surface area contributed by atoms with E-state index in [1.165, 1.54) is 12.1 Å². The summed E-state index contributed by atoms with van der Waals surface area (Å²) in [7, 11) is 2.14. The molecule has 1 unspecified atom stereocenters. The van der Waals surface area contributed by atoms with Crippen molar-refractivity contribution in [1.29, 1.82) is 0 Å². The van der Waals surface area contributed by atoms with Crippen LogP contribution in [0.4, 0.5) is 5.82 Å². The first-order valence-electron chi connectivity index (χ1n) is 6.92. The highest BCUT2D eigenvalue weighted by Gasteiger charge is 2.20. The number of imidazole rings is 1. The molecule has 2 aromatic rings. The van der Waals surface area contributed by atoms with E-state index in [0.29, 0.717) is 18.5 Å². The number of aromatic nitrogens is 2. The van der Waals surface area contributed by atoms with Crippen molar-refractivity contribution in [3.8, 4) is 0 Å². The van der Waals surface area contributed by atoms with Crippen molar-refractivity contribution in [3.63, 3.8) is 0 Å². The zero-order valence-electron chi connectivity index (χ0n) is 12.3. The highest BCUT2D eigenvalue weighted by Crippen LogP contribution is 2.26. The van der Waals surface area contributed by atoms with E-state index < -0.39 is 0 Å². The van der Waals surface area contributed by atoms with Crippen molar-refractivity contribution >= 4 is 22.1 Å². The average Bonchev–Trinajstić information content (AvgIpc) is 2.90. The predicted molar refractivity (Wildman–Crippen MR) is 83.1 cm³/mol. The molecule has 2 rings (SSSR count). The Bertz CT molecular complexity index is 529. The molecule has 19 heavy (non-hydrogen) atoms. The first-order valence-corrected chi connectivity index (χ1v) is 7.79. The van der Waals surface area contributed by atoms with Gasteiger partial charge in [-0.05, 0) is 25.8 Å². The zero-order chi connectivity index (χ0) is 14.0. The summed E-state index contributed by atoms with van der Waals surface area (Å²) in [6.07, 6.45) is 4.12. The van der Waals surface area contributed by atoms with E-state index in [4.69, 9.17) is 10.7 Å². The van der Waals surface area contributed by atoms with Crippen molar-refractivity contribution in [2.45, 2.75) is 39.7 Å². The van der Waals surface area contributed by atoms with Crippen LogP contribution in [-0.4, -0.2) is 29.0 Å². The quantitative estimate of drug-likeness (QED) is 0.885. The fraction of sp³-hybridized carbons (Fsp3) is 0.643. The Balaban J connectivity index is 2.32. The minimum absolute atomic E-state index is 0.487. The number of anilines is 1. The highest BCUT2D eigenvalue weighted by molar-refractivity contribution is 7.15. The number of thiazole rings is 1. The zero-order valence-corrected chi connectivity index (χ0v) is 13.1. The topological polar surface area (TPSA) is 46.6 Å². The third-order valence-electron chi connectivity index (χ3n) is 3.53. The minimum Gasteiger partial charge on any atom is -0.355 e. The Morgan fingerprint density at radius 3 is 2.79 bits per heavy atom. The first-order chi connectivity index (χ1) is 9.04. The molecule has 5 heteroatoms. The molecular weight excluding hydrogens is 256 g/mol. The van der Waals surface area contributed by atoms with Gasteiger partial charge in [0.25, 0.3) is 0 Å². The van der Waals surface area contributed by atoms with E-state index >= 15 is 0 Å². The molecule has 0 amide bonds. The van der Waals surface area contributed by atoms with Crippen LogP contribution < -0.4 is 10.6 Å². The molecule has 2 N–H and O–H groups in total. The fourth-order valence-corrected chi connectivity index (χ4v) is 3.25. The Hall–Kier alpha value is -1.07. The van der Waals surface area contributed by atoms with Crippen molar-refractivity contribution in [2.75, 3.05) is 18.5 Å². The lowest BCUT2D eigenvalue weighted by atomic mass is 10.0. The molecule has 106 valence electrons. The maximum atomic E-state index is 5.75. The Labute approximate surface area is 119 Å². The van der Waals surface area contributed by atoms with Gasteiger partial charge in [0.1, 0.15) is 0 Å². The van der Waals surface area contributed by atoms with Crippen molar-refractivity contribution in [3.05, 3.63) is 17.3 Å². The van der Waals surface area contributed by atoms with Crippen LogP contribution in [0.5, 0.6) is 0 Å².